The number of fused-ring (bicyclic) bond motifs is 1. The maximum absolute atomic E-state index is 12.3. The fraction of sp³-hybridized carbons (Fsp3) is 0.391. The number of benzene rings is 2. The van der Waals surface area contributed by atoms with Crippen LogP contribution in [-0.2, 0) is 11.2 Å². The lowest BCUT2D eigenvalue weighted by molar-refractivity contribution is -0.123. The number of ether oxygens (including phenoxy) is 1. The van der Waals surface area contributed by atoms with Gasteiger partial charge in [0.05, 0.1) is 11.6 Å². The molecule has 0 unspecified atom stereocenters. The number of carbonyl (C=O) groups excluding carboxylic acids is 2. The van der Waals surface area contributed by atoms with E-state index < -0.39 is 0 Å². The minimum absolute atomic E-state index is 0.0981. The van der Waals surface area contributed by atoms with E-state index in [1.54, 1.807) is 6.07 Å². The number of hydrogen-bond donors (Lipinski definition) is 1. The highest BCUT2D eigenvalue weighted by atomic mass is 16.5. The highest BCUT2D eigenvalue weighted by Gasteiger charge is 2.31. The molecule has 2 atom stereocenters. The van der Waals surface area contributed by atoms with E-state index in [9.17, 15) is 9.59 Å². The number of rotatable bonds is 6. The van der Waals surface area contributed by atoms with Crippen LogP contribution >= 0.6 is 0 Å². The van der Waals surface area contributed by atoms with E-state index in [-0.39, 0.29) is 30.3 Å². The predicted octanol–water partition coefficient (Wildman–Crippen LogP) is 4.50. The maximum Gasteiger partial charge on any atom is 0.258 e. The molecule has 0 radical (unpaired) electrons. The van der Waals surface area contributed by atoms with Gasteiger partial charge in [0.1, 0.15) is 5.75 Å². The van der Waals surface area contributed by atoms with E-state index in [1.807, 2.05) is 32.0 Å². The molecule has 2 aromatic carbocycles. The zero-order valence-electron chi connectivity index (χ0n) is 16.5. The molecule has 3 rings (SSSR count). The van der Waals surface area contributed by atoms with Gasteiger partial charge in [-0.3, -0.25) is 9.59 Å². The first-order chi connectivity index (χ1) is 12.9. The van der Waals surface area contributed by atoms with Crippen LogP contribution in [0.2, 0.25) is 0 Å². The number of hydrogen-bond acceptors (Lipinski definition) is 3. The molecule has 0 saturated heterocycles. The van der Waals surface area contributed by atoms with E-state index in [4.69, 9.17) is 4.74 Å². The van der Waals surface area contributed by atoms with E-state index >= 15 is 0 Å². The summed E-state index contributed by atoms with van der Waals surface area (Å²) in [5, 5.41) is 2.95. The lowest BCUT2D eigenvalue weighted by Crippen LogP contribution is -2.31. The Bertz CT molecular complexity index is 855. The monoisotopic (exact) mass is 365 g/mol. The Kier molecular flexibility index (Phi) is 5.64. The van der Waals surface area contributed by atoms with Crippen LogP contribution in [0.25, 0.3) is 0 Å². The van der Waals surface area contributed by atoms with Gasteiger partial charge >= 0.3 is 0 Å². The largest absolute Gasteiger partial charge is 0.483 e. The molecule has 0 spiro atoms. The Balaban J connectivity index is 1.64. The summed E-state index contributed by atoms with van der Waals surface area (Å²) in [5.41, 5.74) is 5.14. The third kappa shape index (κ3) is 4.05. The summed E-state index contributed by atoms with van der Waals surface area (Å²) in [6.45, 7) is 8.03. The van der Waals surface area contributed by atoms with Crippen molar-refractivity contribution in [3.05, 3.63) is 64.2 Å². The fourth-order valence-corrected chi connectivity index (χ4v) is 3.78. The average molecular weight is 365 g/mol. The Labute approximate surface area is 160 Å². The van der Waals surface area contributed by atoms with Crippen molar-refractivity contribution >= 4 is 11.7 Å². The van der Waals surface area contributed by atoms with Gasteiger partial charge in [-0.15, -0.1) is 0 Å². The van der Waals surface area contributed by atoms with E-state index in [0.29, 0.717) is 17.7 Å². The van der Waals surface area contributed by atoms with Gasteiger partial charge in [-0.2, -0.15) is 0 Å². The van der Waals surface area contributed by atoms with Crippen LogP contribution in [-0.4, -0.2) is 18.3 Å². The number of amides is 1. The van der Waals surface area contributed by atoms with Gasteiger partial charge in [0.2, 0.25) is 0 Å². The van der Waals surface area contributed by atoms with Crippen LogP contribution in [0.1, 0.15) is 71.8 Å². The van der Waals surface area contributed by atoms with E-state index in [1.165, 1.54) is 5.56 Å². The van der Waals surface area contributed by atoms with Gasteiger partial charge in [0, 0.05) is 6.42 Å². The number of nitrogens with one attached hydrogen (secondary N) is 1. The molecule has 1 aliphatic carbocycles. The first-order valence-electron chi connectivity index (χ1n) is 9.58. The summed E-state index contributed by atoms with van der Waals surface area (Å²) >= 11 is 0. The quantitative estimate of drug-likeness (QED) is 0.820. The number of ketones is 1. The zero-order valence-corrected chi connectivity index (χ0v) is 16.5. The molecule has 0 bridgehead atoms. The van der Waals surface area contributed by atoms with Crippen molar-refractivity contribution in [2.75, 3.05) is 6.61 Å². The van der Waals surface area contributed by atoms with Gasteiger partial charge < -0.3 is 10.1 Å². The predicted molar refractivity (Wildman–Crippen MR) is 106 cm³/mol. The maximum atomic E-state index is 12.3. The van der Waals surface area contributed by atoms with Crippen LogP contribution in [0.15, 0.2) is 36.4 Å². The minimum Gasteiger partial charge on any atom is -0.483 e. The molecule has 142 valence electrons. The third-order valence-electron chi connectivity index (χ3n) is 5.31. The van der Waals surface area contributed by atoms with Gasteiger partial charge in [-0.25, -0.2) is 0 Å². The molecular weight excluding hydrogens is 338 g/mol. The van der Waals surface area contributed by atoms with Gasteiger partial charge in [0.25, 0.3) is 5.91 Å². The molecule has 27 heavy (non-hydrogen) atoms. The molecular formula is C23H27NO3. The molecule has 4 nitrogen and oxygen atoms in total. The normalized spacial score (nSPS) is 16.7. The molecule has 0 aromatic heterocycles. The van der Waals surface area contributed by atoms with Crippen molar-refractivity contribution in [3.8, 4) is 5.75 Å². The molecule has 4 heteroatoms. The second kappa shape index (κ2) is 7.95. The van der Waals surface area contributed by atoms with Crippen LogP contribution < -0.4 is 10.1 Å². The SMILES string of the molecule is CCc1ccc([C@@H](C)NC(=O)COc2ccc(C)c3c2C(=O)C[C@H]3C)cc1. The molecule has 0 aliphatic heterocycles. The van der Waals surface area contributed by atoms with Crippen molar-refractivity contribution in [2.24, 2.45) is 0 Å². The summed E-state index contributed by atoms with van der Waals surface area (Å²) in [4.78, 5) is 24.6. The smallest absolute Gasteiger partial charge is 0.258 e. The molecule has 0 saturated carbocycles. The molecule has 1 amide bonds. The Morgan fingerprint density at radius 1 is 1.22 bits per heavy atom. The van der Waals surface area contributed by atoms with Gasteiger partial charge in [-0.1, -0.05) is 44.2 Å². The summed E-state index contributed by atoms with van der Waals surface area (Å²) in [6, 6.07) is 11.9. The third-order valence-corrected chi connectivity index (χ3v) is 5.31. The second-order valence-electron chi connectivity index (χ2n) is 7.37. The Morgan fingerprint density at radius 3 is 2.59 bits per heavy atom. The second-order valence-corrected chi connectivity index (χ2v) is 7.37. The molecule has 0 heterocycles. The zero-order chi connectivity index (χ0) is 19.6. The highest BCUT2D eigenvalue weighted by molar-refractivity contribution is 6.04. The van der Waals surface area contributed by atoms with E-state index in [0.717, 1.165) is 23.1 Å². The van der Waals surface area contributed by atoms with Crippen molar-refractivity contribution in [3.63, 3.8) is 0 Å². The molecule has 0 fully saturated rings. The first kappa shape index (κ1) is 19.2. The summed E-state index contributed by atoms with van der Waals surface area (Å²) < 4.78 is 5.72. The fourth-order valence-electron chi connectivity index (χ4n) is 3.78. The van der Waals surface area contributed by atoms with Crippen molar-refractivity contribution in [2.45, 2.75) is 52.5 Å². The average Bonchev–Trinajstić information content (AvgIpc) is 2.96. The Morgan fingerprint density at radius 2 is 1.93 bits per heavy atom. The molecule has 1 N–H and O–H groups in total. The van der Waals surface area contributed by atoms with E-state index in [2.05, 4.69) is 31.3 Å². The highest BCUT2D eigenvalue weighted by Crippen LogP contribution is 2.40. The van der Waals surface area contributed by atoms with Crippen LogP contribution in [0.5, 0.6) is 5.75 Å². The van der Waals surface area contributed by atoms with Gasteiger partial charge in [0.15, 0.2) is 12.4 Å². The first-order valence-corrected chi connectivity index (χ1v) is 9.58. The summed E-state index contributed by atoms with van der Waals surface area (Å²) in [7, 11) is 0. The van der Waals surface area contributed by atoms with Crippen molar-refractivity contribution < 1.29 is 14.3 Å². The van der Waals surface area contributed by atoms with Crippen LogP contribution in [0, 0.1) is 6.92 Å². The van der Waals surface area contributed by atoms with Crippen molar-refractivity contribution in [1.82, 2.24) is 5.32 Å². The minimum atomic E-state index is -0.199. The topological polar surface area (TPSA) is 55.4 Å². The summed E-state index contributed by atoms with van der Waals surface area (Å²) in [5.74, 6) is 0.618. The van der Waals surface area contributed by atoms with Crippen molar-refractivity contribution in [1.29, 1.82) is 0 Å². The molecule has 1 aliphatic rings. The Hall–Kier alpha value is -2.62. The number of aryl methyl sites for hydroxylation is 2. The van der Waals surface area contributed by atoms with Crippen LogP contribution in [0.4, 0.5) is 0 Å². The van der Waals surface area contributed by atoms with Gasteiger partial charge in [-0.05, 0) is 54.5 Å². The lowest BCUT2D eigenvalue weighted by atomic mass is 9.97. The lowest BCUT2D eigenvalue weighted by Gasteiger charge is -2.16. The standard InChI is InChI=1S/C23H27NO3/c1-5-17-7-9-18(10-8-17)16(4)24-21(26)13-27-20-11-6-14(2)22-15(3)12-19(25)23(20)22/h6-11,15-16H,5,12-13H2,1-4H3,(H,24,26)/t15-,16-/m1/s1. The number of carbonyl (C=O) groups is 2. The van der Waals surface area contributed by atoms with Crippen LogP contribution in [0.3, 0.4) is 0 Å². The molecule has 2 aromatic rings. The number of Topliss-reactive ketones (excluding diaryl/α,β-unsaturated/α-hetero) is 1. The summed E-state index contributed by atoms with van der Waals surface area (Å²) in [6.07, 6.45) is 1.50.